The van der Waals surface area contributed by atoms with Gasteiger partial charge in [-0.3, -0.25) is 9.59 Å². The zero-order chi connectivity index (χ0) is 24.9. The van der Waals surface area contributed by atoms with Gasteiger partial charge in [-0.15, -0.1) is 0 Å². The number of nitrogens with zero attached hydrogens (tertiary/aromatic N) is 1. The second-order valence-electron chi connectivity index (χ2n) is 10.5. The minimum absolute atomic E-state index is 0.0130. The monoisotopic (exact) mass is 477 g/mol. The molecule has 1 aliphatic carbocycles. The van der Waals surface area contributed by atoms with Crippen LogP contribution in [0.2, 0.25) is 0 Å². The maximum atomic E-state index is 13.2. The summed E-state index contributed by atoms with van der Waals surface area (Å²) in [7, 11) is 1.56. The number of hydrogen-bond donors (Lipinski definition) is 2. The summed E-state index contributed by atoms with van der Waals surface area (Å²) in [4.78, 5) is 39.9. The Kier molecular flexibility index (Phi) is 5.69. The van der Waals surface area contributed by atoms with Gasteiger partial charge in [0.2, 0.25) is 0 Å². The van der Waals surface area contributed by atoms with E-state index in [9.17, 15) is 14.4 Å². The largest absolute Gasteiger partial charge is 0.491 e. The Bertz CT molecular complexity index is 1160. The number of piperidine rings is 1. The highest BCUT2D eigenvalue weighted by Gasteiger charge is 2.58. The molecule has 2 aromatic rings. The van der Waals surface area contributed by atoms with Gasteiger partial charge in [0.05, 0.1) is 12.2 Å². The van der Waals surface area contributed by atoms with Gasteiger partial charge in [-0.05, 0) is 38.5 Å². The van der Waals surface area contributed by atoms with E-state index >= 15 is 0 Å². The maximum absolute atomic E-state index is 13.2. The molecule has 3 aliphatic rings. The quantitative estimate of drug-likeness (QED) is 0.705. The van der Waals surface area contributed by atoms with Crippen LogP contribution in [0.4, 0.5) is 4.79 Å². The predicted molar refractivity (Wildman–Crippen MR) is 130 cm³/mol. The van der Waals surface area contributed by atoms with Gasteiger partial charge in [0.1, 0.15) is 11.4 Å². The second-order valence-corrected chi connectivity index (χ2v) is 10.5. The maximum Gasteiger partial charge on any atom is 0.410 e. The molecule has 0 radical (unpaired) electrons. The van der Waals surface area contributed by atoms with Crippen LogP contribution in [0.25, 0.3) is 0 Å². The molecule has 184 valence electrons. The molecule has 1 saturated heterocycles. The van der Waals surface area contributed by atoms with E-state index in [0.29, 0.717) is 36.6 Å². The third kappa shape index (κ3) is 4.45. The topological polar surface area (TPSA) is 97.0 Å². The van der Waals surface area contributed by atoms with E-state index in [0.717, 1.165) is 11.1 Å². The van der Waals surface area contributed by atoms with E-state index in [1.165, 1.54) is 0 Å². The number of likely N-dealkylation sites (tertiary alicyclic amines) is 1. The fourth-order valence-electron chi connectivity index (χ4n) is 5.17. The molecule has 1 unspecified atom stereocenters. The summed E-state index contributed by atoms with van der Waals surface area (Å²) in [5, 5.41) is 5.77. The zero-order valence-corrected chi connectivity index (χ0v) is 20.5. The molecule has 2 aromatic carbocycles. The van der Waals surface area contributed by atoms with Gasteiger partial charge in [0, 0.05) is 55.1 Å². The van der Waals surface area contributed by atoms with Gasteiger partial charge in [-0.1, -0.05) is 30.3 Å². The highest BCUT2D eigenvalue weighted by Crippen LogP contribution is 2.46. The zero-order valence-electron chi connectivity index (χ0n) is 20.5. The van der Waals surface area contributed by atoms with Crippen LogP contribution in [0.3, 0.4) is 0 Å². The normalized spacial score (nSPS) is 24.2. The molecule has 0 aromatic heterocycles. The van der Waals surface area contributed by atoms with E-state index in [1.54, 1.807) is 18.0 Å². The lowest BCUT2D eigenvalue weighted by atomic mass is 9.90. The van der Waals surface area contributed by atoms with E-state index in [-0.39, 0.29) is 41.7 Å². The molecule has 35 heavy (non-hydrogen) atoms. The van der Waals surface area contributed by atoms with Crippen molar-refractivity contribution in [2.45, 2.75) is 38.3 Å². The van der Waals surface area contributed by atoms with Gasteiger partial charge in [0.25, 0.3) is 11.8 Å². The second kappa shape index (κ2) is 8.59. The van der Waals surface area contributed by atoms with Crippen LogP contribution in [0.5, 0.6) is 5.75 Å². The number of fused-ring (bicyclic) bond motifs is 2. The summed E-state index contributed by atoms with van der Waals surface area (Å²) in [5.74, 6) is 0.413. The summed E-state index contributed by atoms with van der Waals surface area (Å²) >= 11 is 0. The molecule has 3 amide bonds. The first kappa shape index (κ1) is 23.2. The fourth-order valence-corrected chi connectivity index (χ4v) is 5.17. The fraction of sp³-hybridized carbons (Fsp3) is 0.444. The van der Waals surface area contributed by atoms with Crippen molar-refractivity contribution >= 4 is 17.9 Å². The Morgan fingerprint density at radius 3 is 2.34 bits per heavy atom. The molecule has 2 fully saturated rings. The number of carbonyl (C=O) groups is 3. The number of hydrogen-bond acceptors (Lipinski definition) is 5. The highest BCUT2D eigenvalue weighted by molar-refractivity contribution is 6.02. The Labute approximate surface area is 205 Å². The van der Waals surface area contributed by atoms with E-state index in [2.05, 4.69) is 10.6 Å². The standard InChI is InChI=1S/C27H31N3O5/c1-27(2,3)35-26(33)30-12-19-20(13-30)22(19)29-24(31)16-10-17-21(15-8-6-5-7-9-15)14-34-23(17)18(11-16)25(32)28-4/h5-11,19-22H,12-14H2,1-4H3,(H,28,32)(H,29,31)/t19-,20+,21-,22?/m0/s1. The van der Waals surface area contributed by atoms with Crippen LogP contribution >= 0.6 is 0 Å². The first-order valence-corrected chi connectivity index (χ1v) is 12.0. The first-order valence-electron chi connectivity index (χ1n) is 12.0. The van der Waals surface area contributed by atoms with Crippen molar-refractivity contribution in [3.05, 3.63) is 64.7 Å². The Balaban J connectivity index is 1.32. The van der Waals surface area contributed by atoms with Crippen molar-refractivity contribution in [2.75, 3.05) is 26.7 Å². The van der Waals surface area contributed by atoms with Gasteiger partial charge < -0.3 is 25.0 Å². The van der Waals surface area contributed by atoms with Crippen LogP contribution in [0.15, 0.2) is 42.5 Å². The van der Waals surface area contributed by atoms with Gasteiger partial charge in [-0.2, -0.15) is 0 Å². The molecular formula is C27H31N3O5. The average molecular weight is 478 g/mol. The van der Waals surface area contributed by atoms with E-state index in [4.69, 9.17) is 9.47 Å². The Hall–Kier alpha value is -3.55. The minimum atomic E-state index is -0.533. The number of amides is 3. The molecule has 8 heteroatoms. The lowest BCUT2D eigenvalue weighted by Gasteiger charge is -2.26. The molecular weight excluding hydrogens is 446 g/mol. The molecule has 2 heterocycles. The van der Waals surface area contributed by atoms with Crippen molar-refractivity contribution in [1.82, 2.24) is 15.5 Å². The summed E-state index contributed by atoms with van der Waals surface area (Å²) in [6, 6.07) is 13.4. The van der Waals surface area contributed by atoms with Crippen LogP contribution in [-0.4, -0.2) is 61.2 Å². The number of carbonyl (C=O) groups excluding carboxylic acids is 3. The van der Waals surface area contributed by atoms with E-state index < -0.39 is 5.60 Å². The summed E-state index contributed by atoms with van der Waals surface area (Å²) in [6.45, 7) is 7.11. The predicted octanol–water partition coefficient (Wildman–Crippen LogP) is 3.17. The summed E-state index contributed by atoms with van der Waals surface area (Å²) < 4.78 is 11.4. The third-order valence-corrected chi connectivity index (χ3v) is 6.97. The summed E-state index contributed by atoms with van der Waals surface area (Å²) in [6.07, 6.45) is -0.310. The molecule has 1 saturated carbocycles. The van der Waals surface area contributed by atoms with Crippen molar-refractivity contribution in [2.24, 2.45) is 11.8 Å². The van der Waals surface area contributed by atoms with Crippen molar-refractivity contribution in [3.8, 4) is 5.75 Å². The smallest absolute Gasteiger partial charge is 0.410 e. The van der Waals surface area contributed by atoms with E-state index in [1.807, 2.05) is 57.2 Å². The Morgan fingerprint density at radius 1 is 1.03 bits per heavy atom. The number of rotatable bonds is 4. The van der Waals surface area contributed by atoms with Crippen molar-refractivity contribution in [1.29, 1.82) is 0 Å². The molecule has 5 rings (SSSR count). The van der Waals surface area contributed by atoms with Gasteiger partial charge >= 0.3 is 6.09 Å². The average Bonchev–Trinajstić information content (AvgIpc) is 3.18. The summed E-state index contributed by atoms with van der Waals surface area (Å²) in [5.41, 5.74) is 2.18. The minimum Gasteiger partial charge on any atom is -0.491 e. The molecule has 4 atom stereocenters. The van der Waals surface area contributed by atoms with Crippen molar-refractivity contribution < 1.29 is 23.9 Å². The number of nitrogens with one attached hydrogen (secondary N) is 2. The van der Waals surface area contributed by atoms with Gasteiger partial charge in [-0.25, -0.2) is 4.79 Å². The number of benzene rings is 2. The van der Waals surface area contributed by atoms with Crippen LogP contribution in [0, 0.1) is 11.8 Å². The molecule has 0 spiro atoms. The lowest BCUT2D eigenvalue weighted by molar-refractivity contribution is 0.0269. The first-order chi connectivity index (χ1) is 16.7. The lowest BCUT2D eigenvalue weighted by Crippen LogP contribution is -2.40. The molecule has 8 nitrogen and oxygen atoms in total. The van der Waals surface area contributed by atoms with Crippen LogP contribution < -0.4 is 15.4 Å². The molecule has 2 aliphatic heterocycles. The van der Waals surface area contributed by atoms with Crippen LogP contribution in [0.1, 0.15) is 58.5 Å². The van der Waals surface area contributed by atoms with Crippen molar-refractivity contribution in [3.63, 3.8) is 0 Å². The number of ether oxygens (including phenoxy) is 2. The highest BCUT2D eigenvalue weighted by atomic mass is 16.6. The Morgan fingerprint density at radius 2 is 1.71 bits per heavy atom. The van der Waals surface area contributed by atoms with Crippen LogP contribution in [-0.2, 0) is 4.74 Å². The SMILES string of the molecule is CNC(=O)c1cc(C(=O)NC2[C@H]3CN(C(=O)OC(C)(C)C)C[C@@H]23)cc2c1OC[C@H]2c1ccccc1. The van der Waals surface area contributed by atoms with Gasteiger partial charge in [0.15, 0.2) is 0 Å². The molecule has 2 N–H and O–H groups in total. The molecule has 0 bridgehead atoms. The third-order valence-electron chi connectivity index (χ3n) is 6.97.